The van der Waals surface area contributed by atoms with E-state index in [0.29, 0.717) is 25.5 Å². The molecule has 1 aromatic carbocycles. The molecule has 0 radical (unpaired) electrons. The number of nitrogens with two attached hydrogens (primary N) is 1. The van der Waals surface area contributed by atoms with Gasteiger partial charge in [0, 0.05) is 6.54 Å². The van der Waals surface area contributed by atoms with Crippen molar-refractivity contribution in [1.82, 2.24) is 5.32 Å². The van der Waals surface area contributed by atoms with Crippen LogP contribution in [-0.2, 0) is 11.2 Å². The first-order chi connectivity index (χ1) is 10.3. The Morgan fingerprint density at radius 3 is 2.27 bits per heavy atom. The van der Waals surface area contributed by atoms with E-state index in [9.17, 15) is 4.79 Å². The van der Waals surface area contributed by atoms with Gasteiger partial charge in [-0.15, -0.1) is 0 Å². The highest BCUT2D eigenvalue weighted by Gasteiger charge is 2.28. The first-order valence-electron chi connectivity index (χ1n) is 7.99. The average Bonchev–Trinajstić information content (AvgIpc) is 2.46. The summed E-state index contributed by atoms with van der Waals surface area (Å²) in [5, 5.41) is 3.05. The molecule has 1 aromatic rings. The van der Waals surface area contributed by atoms with Crippen molar-refractivity contribution in [3.8, 4) is 5.75 Å². The smallest absolute Gasteiger partial charge is 0.224 e. The molecule has 1 rings (SSSR count). The normalized spacial score (nSPS) is 14.0. The second-order valence-corrected chi connectivity index (χ2v) is 6.85. The number of benzene rings is 1. The summed E-state index contributed by atoms with van der Waals surface area (Å²) in [7, 11) is 0. The van der Waals surface area contributed by atoms with Crippen molar-refractivity contribution >= 4 is 5.91 Å². The number of ether oxygens (including phenoxy) is 1. The molecule has 0 aliphatic rings. The fourth-order valence-corrected chi connectivity index (χ4v) is 1.95. The number of amides is 1. The largest absolute Gasteiger partial charge is 0.493 e. The second-order valence-electron chi connectivity index (χ2n) is 6.85. The molecule has 1 amide bonds. The Morgan fingerprint density at radius 2 is 1.82 bits per heavy atom. The van der Waals surface area contributed by atoms with E-state index in [1.165, 1.54) is 0 Å². The minimum atomic E-state index is -0.364. The van der Waals surface area contributed by atoms with Crippen LogP contribution in [0.1, 0.15) is 40.2 Å². The second kappa shape index (κ2) is 8.18. The van der Waals surface area contributed by atoms with Gasteiger partial charge in [-0.3, -0.25) is 4.79 Å². The Labute approximate surface area is 134 Å². The Hall–Kier alpha value is -1.55. The fourth-order valence-electron chi connectivity index (χ4n) is 1.95. The van der Waals surface area contributed by atoms with Crippen molar-refractivity contribution in [3.05, 3.63) is 29.8 Å². The molecule has 0 fully saturated rings. The lowest BCUT2D eigenvalue weighted by atomic mass is 9.88. The highest BCUT2D eigenvalue weighted by molar-refractivity contribution is 5.79. The number of hydrogen-bond donors (Lipinski definition) is 2. The van der Waals surface area contributed by atoms with Gasteiger partial charge < -0.3 is 15.8 Å². The Morgan fingerprint density at radius 1 is 1.23 bits per heavy atom. The number of carbonyl (C=O) groups is 1. The minimum Gasteiger partial charge on any atom is -0.493 e. The lowest BCUT2D eigenvalue weighted by molar-refractivity contribution is -0.122. The third-order valence-electron chi connectivity index (χ3n) is 3.99. The maximum absolute atomic E-state index is 12.2. The van der Waals surface area contributed by atoms with Gasteiger partial charge in [-0.1, -0.05) is 39.8 Å². The zero-order chi connectivity index (χ0) is 16.8. The van der Waals surface area contributed by atoms with Crippen molar-refractivity contribution < 1.29 is 9.53 Å². The Balaban J connectivity index is 2.58. The summed E-state index contributed by atoms with van der Waals surface area (Å²) >= 11 is 0. The third kappa shape index (κ3) is 5.68. The van der Waals surface area contributed by atoms with Gasteiger partial charge >= 0.3 is 0 Å². The average molecular weight is 306 g/mol. The molecule has 3 N–H and O–H groups in total. The summed E-state index contributed by atoms with van der Waals surface area (Å²) in [6.45, 7) is 11.5. The molecule has 0 aromatic heterocycles. The molecule has 1 unspecified atom stereocenters. The summed E-state index contributed by atoms with van der Waals surface area (Å²) in [6, 6.07) is 7.69. The topological polar surface area (TPSA) is 64.3 Å². The molecule has 1 atom stereocenters. The van der Waals surface area contributed by atoms with Crippen LogP contribution >= 0.6 is 0 Å². The molecular weight excluding hydrogens is 276 g/mol. The van der Waals surface area contributed by atoms with Gasteiger partial charge in [-0.25, -0.2) is 0 Å². The molecular formula is C18H30N2O2. The summed E-state index contributed by atoms with van der Waals surface area (Å²) in [5.41, 5.74) is 6.40. The Bertz CT molecular complexity index is 468. The van der Waals surface area contributed by atoms with E-state index in [1.54, 1.807) is 0 Å². The molecule has 4 heteroatoms. The lowest BCUT2D eigenvalue weighted by Crippen LogP contribution is -2.55. The fraction of sp³-hybridized carbons (Fsp3) is 0.611. The number of hydrogen-bond acceptors (Lipinski definition) is 3. The van der Waals surface area contributed by atoms with Crippen LogP contribution in [0, 0.1) is 11.8 Å². The van der Waals surface area contributed by atoms with Gasteiger partial charge in [0.1, 0.15) is 5.75 Å². The molecule has 0 bridgehead atoms. The van der Waals surface area contributed by atoms with E-state index in [4.69, 9.17) is 10.5 Å². The van der Waals surface area contributed by atoms with E-state index >= 15 is 0 Å². The van der Waals surface area contributed by atoms with Gasteiger partial charge in [0.2, 0.25) is 5.91 Å². The van der Waals surface area contributed by atoms with Crippen LogP contribution in [0.5, 0.6) is 5.75 Å². The molecule has 124 valence electrons. The first kappa shape index (κ1) is 18.5. The standard InChI is InChI=1S/C18H30N2O2/c1-13(2)11-22-16-8-6-15(7-9-16)10-17(21)20-18(5,12-19)14(3)4/h6-9,13-14H,10-12,19H2,1-5H3,(H,20,21). The van der Waals surface area contributed by atoms with E-state index in [1.807, 2.05) is 31.2 Å². The van der Waals surface area contributed by atoms with Crippen LogP contribution in [-0.4, -0.2) is 24.6 Å². The van der Waals surface area contributed by atoms with Crippen LogP contribution in [0.3, 0.4) is 0 Å². The van der Waals surface area contributed by atoms with E-state index in [2.05, 4.69) is 33.0 Å². The van der Waals surface area contributed by atoms with Gasteiger partial charge in [-0.05, 0) is 36.5 Å². The van der Waals surface area contributed by atoms with Crippen LogP contribution in [0.4, 0.5) is 0 Å². The Kier molecular flexibility index (Phi) is 6.88. The van der Waals surface area contributed by atoms with Crippen molar-refractivity contribution in [2.45, 2.75) is 46.6 Å². The van der Waals surface area contributed by atoms with Crippen LogP contribution in [0.25, 0.3) is 0 Å². The van der Waals surface area contributed by atoms with Crippen LogP contribution < -0.4 is 15.8 Å². The van der Waals surface area contributed by atoms with Gasteiger partial charge in [-0.2, -0.15) is 0 Å². The van der Waals surface area contributed by atoms with Crippen LogP contribution in [0.2, 0.25) is 0 Å². The van der Waals surface area contributed by atoms with Crippen molar-refractivity contribution in [3.63, 3.8) is 0 Å². The maximum atomic E-state index is 12.2. The maximum Gasteiger partial charge on any atom is 0.224 e. The summed E-state index contributed by atoms with van der Waals surface area (Å²) < 4.78 is 5.64. The van der Waals surface area contributed by atoms with Gasteiger partial charge in [0.25, 0.3) is 0 Å². The molecule has 22 heavy (non-hydrogen) atoms. The highest BCUT2D eigenvalue weighted by Crippen LogP contribution is 2.16. The quantitative estimate of drug-likeness (QED) is 0.776. The number of nitrogens with one attached hydrogen (secondary N) is 1. The summed E-state index contributed by atoms with van der Waals surface area (Å²) in [6.07, 6.45) is 0.354. The zero-order valence-corrected chi connectivity index (χ0v) is 14.5. The first-order valence-corrected chi connectivity index (χ1v) is 7.99. The lowest BCUT2D eigenvalue weighted by Gasteiger charge is -2.33. The molecule has 4 nitrogen and oxygen atoms in total. The molecule has 0 heterocycles. The number of carbonyl (C=O) groups excluding carboxylic acids is 1. The van der Waals surface area contributed by atoms with Gasteiger partial charge in [0.15, 0.2) is 0 Å². The molecule has 0 saturated carbocycles. The van der Waals surface area contributed by atoms with E-state index in [-0.39, 0.29) is 17.4 Å². The van der Waals surface area contributed by atoms with Gasteiger partial charge in [0.05, 0.1) is 18.6 Å². The zero-order valence-electron chi connectivity index (χ0n) is 14.5. The van der Waals surface area contributed by atoms with E-state index in [0.717, 1.165) is 11.3 Å². The molecule has 0 saturated heterocycles. The van der Waals surface area contributed by atoms with Crippen LogP contribution in [0.15, 0.2) is 24.3 Å². The van der Waals surface area contributed by atoms with E-state index < -0.39 is 0 Å². The highest BCUT2D eigenvalue weighted by atomic mass is 16.5. The molecule has 0 spiro atoms. The molecule has 0 aliphatic heterocycles. The van der Waals surface area contributed by atoms with Crippen molar-refractivity contribution in [1.29, 1.82) is 0 Å². The van der Waals surface area contributed by atoms with Crippen molar-refractivity contribution in [2.24, 2.45) is 17.6 Å². The summed E-state index contributed by atoms with van der Waals surface area (Å²) in [5.74, 6) is 1.62. The molecule has 0 aliphatic carbocycles. The minimum absolute atomic E-state index is 0.00232. The predicted molar refractivity (Wildman–Crippen MR) is 90.9 cm³/mol. The van der Waals surface area contributed by atoms with Crippen molar-refractivity contribution in [2.75, 3.05) is 13.2 Å². The number of rotatable bonds is 8. The third-order valence-corrected chi connectivity index (χ3v) is 3.99. The predicted octanol–water partition coefficient (Wildman–Crippen LogP) is 2.75. The SMILES string of the molecule is CC(C)COc1ccc(CC(=O)NC(C)(CN)C(C)C)cc1. The summed E-state index contributed by atoms with van der Waals surface area (Å²) in [4.78, 5) is 12.2. The monoisotopic (exact) mass is 306 g/mol.